The first-order chi connectivity index (χ1) is 10.0. The standard InChI is InChI=1S/C16H21NO3S/c1-12-2-4-14(5-3-12)21-11-15(18)17-8-6-13(7-9-17)10-16(19)20/h2-5,13H,6-11H2,1H3,(H,19,20). The molecule has 0 unspecified atom stereocenters. The van der Waals surface area contributed by atoms with Gasteiger partial charge in [-0.1, -0.05) is 17.7 Å². The number of likely N-dealkylation sites (tertiary alicyclic amines) is 1. The maximum absolute atomic E-state index is 12.2. The van der Waals surface area contributed by atoms with Gasteiger partial charge in [0.15, 0.2) is 0 Å². The molecule has 5 heteroatoms. The lowest BCUT2D eigenvalue weighted by atomic mass is 9.94. The number of carbonyl (C=O) groups excluding carboxylic acids is 1. The minimum atomic E-state index is -0.741. The summed E-state index contributed by atoms with van der Waals surface area (Å²) in [6.45, 7) is 3.41. The van der Waals surface area contributed by atoms with E-state index in [-0.39, 0.29) is 18.2 Å². The minimum Gasteiger partial charge on any atom is -0.481 e. The number of carboxylic acid groups (broad SMARTS) is 1. The van der Waals surface area contributed by atoms with Crippen LogP contribution in [0.15, 0.2) is 29.2 Å². The van der Waals surface area contributed by atoms with E-state index in [4.69, 9.17) is 5.11 Å². The number of aliphatic carboxylic acids is 1. The summed E-state index contributed by atoms with van der Waals surface area (Å²) in [4.78, 5) is 25.8. The second-order valence-electron chi connectivity index (χ2n) is 5.52. The molecule has 1 saturated heterocycles. The molecule has 114 valence electrons. The van der Waals surface area contributed by atoms with E-state index in [9.17, 15) is 9.59 Å². The van der Waals surface area contributed by atoms with Crippen molar-refractivity contribution in [3.05, 3.63) is 29.8 Å². The lowest BCUT2D eigenvalue weighted by Gasteiger charge is -2.31. The number of rotatable bonds is 5. The maximum Gasteiger partial charge on any atom is 0.303 e. The predicted octanol–water partition coefficient (Wildman–Crippen LogP) is 2.80. The number of hydrogen-bond acceptors (Lipinski definition) is 3. The quantitative estimate of drug-likeness (QED) is 0.850. The highest BCUT2D eigenvalue weighted by Crippen LogP contribution is 2.23. The molecule has 0 atom stereocenters. The normalized spacial score (nSPS) is 16.0. The second kappa shape index (κ2) is 7.50. The van der Waals surface area contributed by atoms with Crippen LogP contribution in [0.25, 0.3) is 0 Å². The highest BCUT2D eigenvalue weighted by molar-refractivity contribution is 8.00. The Morgan fingerprint density at radius 1 is 1.24 bits per heavy atom. The van der Waals surface area contributed by atoms with Gasteiger partial charge in [-0.05, 0) is 37.8 Å². The Kier molecular flexibility index (Phi) is 5.67. The molecule has 0 spiro atoms. The third-order valence-corrected chi connectivity index (χ3v) is 4.81. The maximum atomic E-state index is 12.2. The Labute approximate surface area is 129 Å². The highest BCUT2D eigenvalue weighted by Gasteiger charge is 2.24. The van der Waals surface area contributed by atoms with Crippen LogP contribution in [0.2, 0.25) is 0 Å². The summed E-state index contributed by atoms with van der Waals surface area (Å²) in [5, 5.41) is 8.79. The summed E-state index contributed by atoms with van der Waals surface area (Å²) in [7, 11) is 0. The SMILES string of the molecule is Cc1ccc(SCC(=O)N2CCC(CC(=O)O)CC2)cc1. The molecule has 21 heavy (non-hydrogen) atoms. The lowest BCUT2D eigenvalue weighted by Crippen LogP contribution is -2.39. The Morgan fingerprint density at radius 3 is 2.43 bits per heavy atom. The number of piperidine rings is 1. The molecule has 1 aromatic carbocycles. The summed E-state index contributed by atoms with van der Waals surface area (Å²) in [5.41, 5.74) is 1.21. The Bertz CT molecular complexity index is 493. The summed E-state index contributed by atoms with van der Waals surface area (Å²) < 4.78 is 0. The third kappa shape index (κ3) is 5.08. The van der Waals surface area contributed by atoms with E-state index in [2.05, 4.69) is 0 Å². The first-order valence-corrected chi connectivity index (χ1v) is 8.22. The van der Waals surface area contributed by atoms with Crippen LogP contribution in [0.5, 0.6) is 0 Å². The van der Waals surface area contributed by atoms with E-state index in [1.54, 1.807) is 11.8 Å². The van der Waals surface area contributed by atoms with Gasteiger partial charge >= 0.3 is 5.97 Å². The van der Waals surface area contributed by atoms with Crippen molar-refractivity contribution in [1.29, 1.82) is 0 Å². The monoisotopic (exact) mass is 307 g/mol. The van der Waals surface area contributed by atoms with Gasteiger partial charge in [0, 0.05) is 24.4 Å². The van der Waals surface area contributed by atoms with Gasteiger partial charge in [0.2, 0.25) is 5.91 Å². The van der Waals surface area contributed by atoms with Crippen molar-refractivity contribution < 1.29 is 14.7 Å². The van der Waals surface area contributed by atoms with Crippen molar-refractivity contribution >= 4 is 23.6 Å². The molecule has 4 nitrogen and oxygen atoms in total. The predicted molar refractivity (Wildman–Crippen MR) is 83.5 cm³/mol. The van der Waals surface area contributed by atoms with Gasteiger partial charge in [-0.15, -0.1) is 11.8 Å². The molecule has 0 bridgehead atoms. The number of carbonyl (C=O) groups is 2. The average molecular weight is 307 g/mol. The highest BCUT2D eigenvalue weighted by atomic mass is 32.2. The molecular formula is C16H21NO3S. The summed E-state index contributed by atoms with van der Waals surface area (Å²) >= 11 is 1.56. The Morgan fingerprint density at radius 2 is 1.86 bits per heavy atom. The van der Waals surface area contributed by atoms with Crippen LogP contribution in [0, 0.1) is 12.8 Å². The number of amides is 1. The van der Waals surface area contributed by atoms with Crippen molar-refractivity contribution in [3.63, 3.8) is 0 Å². The zero-order valence-electron chi connectivity index (χ0n) is 12.2. The Hall–Kier alpha value is -1.49. The number of aryl methyl sites for hydroxylation is 1. The van der Waals surface area contributed by atoms with Gasteiger partial charge in [0.25, 0.3) is 0 Å². The largest absolute Gasteiger partial charge is 0.481 e. The van der Waals surface area contributed by atoms with E-state index < -0.39 is 5.97 Å². The molecule has 0 aliphatic carbocycles. The van der Waals surface area contributed by atoms with E-state index >= 15 is 0 Å². The lowest BCUT2D eigenvalue weighted by molar-refractivity contribution is -0.138. The summed E-state index contributed by atoms with van der Waals surface area (Å²) in [6, 6.07) is 8.16. The third-order valence-electron chi connectivity index (χ3n) is 3.81. The van der Waals surface area contributed by atoms with Crippen LogP contribution in [0.1, 0.15) is 24.8 Å². The van der Waals surface area contributed by atoms with Gasteiger partial charge in [-0.3, -0.25) is 9.59 Å². The van der Waals surface area contributed by atoms with Gasteiger partial charge < -0.3 is 10.0 Å². The molecule has 1 aromatic rings. The molecule has 1 aliphatic heterocycles. The topological polar surface area (TPSA) is 57.6 Å². The van der Waals surface area contributed by atoms with Gasteiger partial charge in [-0.2, -0.15) is 0 Å². The fourth-order valence-electron chi connectivity index (χ4n) is 2.50. The van der Waals surface area contributed by atoms with Crippen LogP contribution >= 0.6 is 11.8 Å². The van der Waals surface area contributed by atoms with E-state index in [1.807, 2.05) is 36.1 Å². The smallest absolute Gasteiger partial charge is 0.303 e. The molecule has 1 N–H and O–H groups in total. The number of nitrogens with zero attached hydrogens (tertiary/aromatic N) is 1. The molecular weight excluding hydrogens is 286 g/mol. The first-order valence-electron chi connectivity index (χ1n) is 7.23. The molecule has 1 amide bonds. The minimum absolute atomic E-state index is 0.148. The van der Waals surface area contributed by atoms with Crippen LogP contribution in [0.3, 0.4) is 0 Å². The number of benzene rings is 1. The van der Waals surface area contributed by atoms with Gasteiger partial charge in [0.05, 0.1) is 5.75 Å². The second-order valence-corrected chi connectivity index (χ2v) is 6.57. The van der Waals surface area contributed by atoms with Crippen LogP contribution in [0.4, 0.5) is 0 Å². The van der Waals surface area contributed by atoms with Crippen molar-refractivity contribution in [1.82, 2.24) is 4.90 Å². The zero-order chi connectivity index (χ0) is 15.2. The molecule has 1 aliphatic rings. The summed E-state index contributed by atoms with van der Waals surface area (Å²) in [6.07, 6.45) is 1.82. The van der Waals surface area contributed by atoms with Crippen molar-refractivity contribution in [2.75, 3.05) is 18.8 Å². The fourth-order valence-corrected chi connectivity index (χ4v) is 3.31. The van der Waals surface area contributed by atoms with Crippen LogP contribution < -0.4 is 0 Å². The molecule has 0 saturated carbocycles. The molecule has 0 radical (unpaired) electrons. The number of carboxylic acids is 1. The number of hydrogen-bond donors (Lipinski definition) is 1. The average Bonchev–Trinajstić information content (AvgIpc) is 2.46. The van der Waals surface area contributed by atoms with Crippen LogP contribution in [-0.4, -0.2) is 40.7 Å². The molecule has 0 aromatic heterocycles. The van der Waals surface area contributed by atoms with E-state index in [0.29, 0.717) is 18.8 Å². The van der Waals surface area contributed by atoms with E-state index in [1.165, 1.54) is 5.56 Å². The summed E-state index contributed by atoms with van der Waals surface area (Å²) in [5.74, 6) is 0.0764. The van der Waals surface area contributed by atoms with Crippen LogP contribution in [-0.2, 0) is 9.59 Å². The zero-order valence-corrected chi connectivity index (χ0v) is 13.1. The van der Waals surface area contributed by atoms with Crippen molar-refractivity contribution in [2.45, 2.75) is 31.1 Å². The number of thioether (sulfide) groups is 1. The van der Waals surface area contributed by atoms with Gasteiger partial charge in [0.1, 0.15) is 0 Å². The van der Waals surface area contributed by atoms with E-state index in [0.717, 1.165) is 17.7 Å². The fraction of sp³-hybridized carbons (Fsp3) is 0.500. The van der Waals surface area contributed by atoms with Gasteiger partial charge in [-0.25, -0.2) is 0 Å². The first kappa shape index (κ1) is 15.9. The molecule has 1 fully saturated rings. The van der Waals surface area contributed by atoms with Crippen molar-refractivity contribution in [3.8, 4) is 0 Å². The van der Waals surface area contributed by atoms with Crippen molar-refractivity contribution in [2.24, 2.45) is 5.92 Å². The Balaban J connectivity index is 1.74. The molecule has 2 rings (SSSR count). The molecule has 1 heterocycles.